The van der Waals surface area contributed by atoms with E-state index in [9.17, 15) is 4.79 Å². The summed E-state index contributed by atoms with van der Waals surface area (Å²) in [6.45, 7) is 1.55. The van der Waals surface area contributed by atoms with E-state index in [1.807, 2.05) is 29.9 Å². The van der Waals surface area contributed by atoms with Gasteiger partial charge in [-0.1, -0.05) is 0 Å². The number of rotatable bonds is 1. The van der Waals surface area contributed by atoms with Crippen LogP contribution in [0, 0.1) is 0 Å². The average molecular weight is 174 g/mol. The number of ketones is 1. The molecule has 3 nitrogen and oxygen atoms in total. The average Bonchev–Trinajstić information content (AvgIpc) is 2.47. The molecule has 0 unspecified atom stereocenters. The molecule has 0 aliphatic carbocycles. The van der Waals surface area contributed by atoms with Crippen molar-refractivity contribution in [2.45, 2.75) is 6.92 Å². The van der Waals surface area contributed by atoms with Crippen LogP contribution in [0.4, 0.5) is 0 Å². The Balaban J connectivity index is 2.70. The summed E-state index contributed by atoms with van der Waals surface area (Å²) in [5.41, 5.74) is 1.57. The number of aryl methyl sites for hydroxylation is 1. The van der Waals surface area contributed by atoms with Gasteiger partial charge < -0.3 is 4.57 Å². The number of hydrogen-bond acceptors (Lipinski definition) is 2. The molecule has 2 rings (SSSR count). The fraction of sp³-hybridized carbons (Fsp3) is 0.200. The van der Waals surface area contributed by atoms with Gasteiger partial charge in [-0.15, -0.1) is 0 Å². The second-order valence-corrected chi connectivity index (χ2v) is 3.12. The van der Waals surface area contributed by atoms with Gasteiger partial charge in [-0.3, -0.25) is 4.79 Å². The topological polar surface area (TPSA) is 34.9 Å². The van der Waals surface area contributed by atoms with E-state index in [0.29, 0.717) is 5.56 Å². The van der Waals surface area contributed by atoms with Gasteiger partial charge in [0.05, 0.1) is 0 Å². The van der Waals surface area contributed by atoms with Crippen LogP contribution in [-0.2, 0) is 7.05 Å². The Hall–Kier alpha value is -1.64. The molecule has 0 atom stereocenters. The van der Waals surface area contributed by atoms with E-state index < -0.39 is 0 Å². The smallest absolute Gasteiger partial charge is 0.161 e. The lowest BCUT2D eigenvalue weighted by molar-refractivity contribution is 0.101. The van der Waals surface area contributed by atoms with Gasteiger partial charge in [0, 0.05) is 30.4 Å². The van der Waals surface area contributed by atoms with Crippen molar-refractivity contribution in [1.29, 1.82) is 0 Å². The van der Waals surface area contributed by atoms with Crippen LogP contribution in [-0.4, -0.2) is 15.3 Å². The minimum Gasteiger partial charge on any atom is -0.336 e. The quantitative estimate of drug-likeness (QED) is 0.617. The Kier molecular flexibility index (Phi) is 1.65. The van der Waals surface area contributed by atoms with Crippen LogP contribution in [0.1, 0.15) is 17.3 Å². The molecule has 0 spiro atoms. The zero-order valence-corrected chi connectivity index (χ0v) is 7.61. The van der Waals surface area contributed by atoms with Gasteiger partial charge in [-0.25, -0.2) is 4.98 Å². The number of carbonyl (C=O) groups excluding carboxylic acids is 1. The number of fused-ring (bicyclic) bond motifs is 1. The molecule has 2 heterocycles. The van der Waals surface area contributed by atoms with Crippen molar-refractivity contribution >= 4 is 16.8 Å². The summed E-state index contributed by atoms with van der Waals surface area (Å²) in [6, 6.07) is 3.82. The zero-order valence-electron chi connectivity index (χ0n) is 7.61. The van der Waals surface area contributed by atoms with E-state index in [1.165, 1.54) is 0 Å². The zero-order chi connectivity index (χ0) is 9.42. The molecule has 0 saturated carbocycles. The molecule has 3 heteroatoms. The van der Waals surface area contributed by atoms with Crippen LogP contribution < -0.4 is 0 Å². The van der Waals surface area contributed by atoms with Crippen LogP contribution >= 0.6 is 0 Å². The normalized spacial score (nSPS) is 10.6. The third-order valence-corrected chi connectivity index (χ3v) is 2.11. The van der Waals surface area contributed by atoms with Gasteiger partial charge in [0.25, 0.3) is 0 Å². The predicted octanol–water partition coefficient (Wildman–Crippen LogP) is 1.78. The molecule has 0 bridgehead atoms. The number of carbonyl (C=O) groups is 1. The van der Waals surface area contributed by atoms with Gasteiger partial charge in [-0.2, -0.15) is 0 Å². The first-order valence-corrected chi connectivity index (χ1v) is 4.10. The van der Waals surface area contributed by atoms with Crippen LogP contribution in [0.15, 0.2) is 24.5 Å². The monoisotopic (exact) mass is 174 g/mol. The van der Waals surface area contributed by atoms with Crippen LogP contribution in [0.25, 0.3) is 11.0 Å². The maximum Gasteiger partial charge on any atom is 0.161 e. The molecule has 0 saturated heterocycles. The third kappa shape index (κ3) is 1.22. The standard InChI is InChI=1S/C10H10N2O/c1-7(13)9-5-8-3-4-12(2)10(8)11-6-9/h3-6H,1-2H3. The highest BCUT2D eigenvalue weighted by Gasteiger charge is 2.03. The first-order chi connectivity index (χ1) is 6.18. The lowest BCUT2D eigenvalue weighted by atomic mass is 10.2. The number of Topliss-reactive ketones (excluding diaryl/α,β-unsaturated/α-hetero) is 1. The molecule has 66 valence electrons. The first-order valence-electron chi connectivity index (χ1n) is 4.10. The molecule has 13 heavy (non-hydrogen) atoms. The highest BCUT2D eigenvalue weighted by atomic mass is 16.1. The summed E-state index contributed by atoms with van der Waals surface area (Å²) in [5.74, 6) is 0.0539. The number of nitrogens with zero attached hydrogens (tertiary/aromatic N) is 2. The Morgan fingerprint density at radius 3 is 3.00 bits per heavy atom. The fourth-order valence-electron chi connectivity index (χ4n) is 1.35. The van der Waals surface area contributed by atoms with E-state index in [-0.39, 0.29) is 5.78 Å². The molecule has 2 aromatic rings. The highest BCUT2D eigenvalue weighted by molar-refractivity contribution is 5.96. The summed E-state index contributed by atoms with van der Waals surface area (Å²) in [5, 5.41) is 1.01. The van der Waals surface area contributed by atoms with Crippen molar-refractivity contribution in [3.63, 3.8) is 0 Å². The first kappa shape index (κ1) is 7.98. The molecule has 0 N–H and O–H groups in total. The van der Waals surface area contributed by atoms with Crippen molar-refractivity contribution in [1.82, 2.24) is 9.55 Å². The van der Waals surface area contributed by atoms with Crippen LogP contribution in [0.5, 0.6) is 0 Å². The summed E-state index contributed by atoms with van der Waals surface area (Å²) >= 11 is 0. The largest absolute Gasteiger partial charge is 0.336 e. The van der Waals surface area contributed by atoms with Gasteiger partial charge >= 0.3 is 0 Å². The van der Waals surface area contributed by atoms with E-state index in [2.05, 4.69) is 4.98 Å². The van der Waals surface area contributed by atoms with E-state index in [4.69, 9.17) is 0 Å². The number of aromatic nitrogens is 2. The van der Waals surface area contributed by atoms with Crippen molar-refractivity contribution in [3.05, 3.63) is 30.1 Å². The van der Waals surface area contributed by atoms with Gasteiger partial charge in [0.15, 0.2) is 5.78 Å². The van der Waals surface area contributed by atoms with Crippen molar-refractivity contribution < 1.29 is 4.79 Å². The SMILES string of the molecule is CC(=O)c1cnc2c(ccn2C)c1. The molecule has 2 aromatic heterocycles. The van der Waals surface area contributed by atoms with Gasteiger partial charge in [0.2, 0.25) is 0 Å². The molecule has 0 aliphatic heterocycles. The number of pyridine rings is 1. The lowest BCUT2D eigenvalue weighted by Gasteiger charge is -1.96. The molecule has 0 aliphatic rings. The lowest BCUT2D eigenvalue weighted by Crippen LogP contribution is -1.94. The molecule has 0 aromatic carbocycles. The summed E-state index contributed by atoms with van der Waals surface area (Å²) in [7, 11) is 1.93. The van der Waals surface area contributed by atoms with Crippen molar-refractivity contribution in [2.24, 2.45) is 7.05 Å². The maximum atomic E-state index is 11.0. The van der Waals surface area contributed by atoms with E-state index >= 15 is 0 Å². The van der Waals surface area contributed by atoms with Crippen LogP contribution in [0.3, 0.4) is 0 Å². The Morgan fingerprint density at radius 2 is 2.31 bits per heavy atom. The fourth-order valence-corrected chi connectivity index (χ4v) is 1.35. The molecule has 0 fully saturated rings. The number of hydrogen-bond donors (Lipinski definition) is 0. The summed E-state index contributed by atoms with van der Waals surface area (Å²) in [6.07, 6.45) is 3.55. The summed E-state index contributed by atoms with van der Waals surface area (Å²) in [4.78, 5) is 15.3. The molecular formula is C10H10N2O. The molecule has 0 radical (unpaired) electrons. The van der Waals surface area contributed by atoms with Crippen molar-refractivity contribution in [2.75, 3.05) is 0 Å². The minimum atomic E-state index is 0.0539. The van der Waals surface area contributed by atoms with Crippen LogP contribution in [0.2, 0.25) is 0 Å². The predicted molar refractivity (Wildman–Crippen MR) is 50.7 cm³/mol. The third-order valence-electron chi connectivity index (χ3n) is 2.11. The highest BCUT2D eigenvalue weighted by Crippen LogP contribution is 2.13. The van der Waals surface area contributed by atoms with Gasteiger partial charge in [0.1, 0.15) is 5.65 Å². The van der Waals surface area contributed by atoms with Gasteiger partial charge in [-0.05, 0) is 19.1 Å². The minimum absolute atomic E-state index is 0.0539. The Labute approximate surface area is 76.0 Å². The molecular weight excluding hydrogens is 164 g/mol. The second-order valence-electron chi connectivity index (χ2n) is 3.12. The second kappa shape index (κ2) is 2.69. The van der Waals surface area contributed by atoms with Crippen molar-refractivity contribution in [3.8, 4) is 0 Å². The Bertz CT molecular complexity index is 471. The van der Waals surface area contributed by atoms with E-state index in [0.717, 1.165) is 11.0 Å². The molecule has 0 amide bonds. The Morgan fingerprint density at radius 1 is 1.54 bits per heavy atom. The maximum absolute atomic E-state index is 11.0. The summed E-state index contributed by atoms with van der Waals surface area (Å²) < 4.78 is 1.93. The van der Waals surface area contributed by atoms with E-state index in [1.54, 1.807) is 13.1 Å².